The number of carbonyl (C=O) groups excluding carboxylic acids is 2. The Hall–Kier alpha value is -5.72. The van der Waals surface area contributed by atoms with Crippen molar-refractivity contribution in [1.82, 2.24) is 30.6 Å². The van der Waals surface area contributed by atoms with Gasteiger partial charge in [-0.1, -0.05) is 79.7 Å². The second kappa shape index (κ2) is 15.1. The molecule has 3 N–H and O–H groups in total. The van der Waals surface area contributed by atoms with Gasteiger partial charge in [-0.05, 0) is 54.7 Å². The van der Waals surface area contributed by atoms with Crippen LogP contribution in [-0.4, -0.2) is 66.0 Å². The van der Waals surface area contributed by atoms with Gasteiger partial charge < -0.3 is 25.0 Å². The molecule has 12 heteroatoms. The van der Waals surface area contributed by atoms with Crippen LogP contribution in [0.25, 0.3) is 44.1 Å². The zero-order valence-electron chi connectivity index (χ0n) is 29.8. The summed E-state index contributed by atoms with van der Waals surface area (Å²) in [4.78, 5) is 34.8. The summed E-state index contributed by atoms with van der Waals surface area (Å²) >= 11 is 1.59. The molecule has 4 heterocycles. The van der Waals surface area contributed by atoms with Crippen molar-refractivity contribution in [2.24, 2.45) is 5.92 Å². The summed E-state index contributed by atoms with van der Waals surface area (Å²) in [5.74, 6) is -0.986. The quantitative estimate of drug-likeness (QED) is 0.133. The van der Waals surface area contributed by atoms with Crippen LogP contribution in [0.3, 0.4) is 0 Å². The first kappa shape index (κ1) is 35.7. The first-order valence-corrected chi connectivity index (χ1v) is 18.4. The zero-order valence-corrected chi connectivity index (χ0v) is 30.6. The van der Waals surface area contributed by atoms with E-state index in [0.717, 1.165) is 38.4 Å². The van der Waals surface area contributed by atoms with Gasteiger partial charge in [0.2, 0.25) is 11.8 Å². The molecule has 53 heavy (non-hydrogen) atoms. The van der Waals surface area contributed by atoms with Crippen molar-refractivity contribution >= 4 is 23.2 Å². The third-order valence-corrected chi connectivity index (χ3v) is 10.7. The van der Waals surface area contributed by atoms with Gasteiger partial charge in [-0.25, -0.2) is 4.98 Å². The van der Waals surface area contributed by atoms with Crippen molar-refractivity contribution in [1.29, 1.82) is 0 Å². The topological polar surface area (TPSA) is 155 Å². The smallest absolute Gasteiger partial charge is 0.243 e. The molecule has 1 aliphatic heterocycles. The van der Waals surface area contributed by atoms with Gasteiger partial charge >= 0.3 is 0 Å². The summed E-state index contributed by atoms with van der Waals surface area (Å²) in [6.07, 6.45) is 0.985. The molecule has 7 rings (SSSR count). The van der Waals surface area contributed by atoms with E-state index in [9.17, 15) is 19.8 Å². The molecule has 11 nitrogen and oxygen atoms in total. The summed E-state index contributed by atoms with van der Waals surface area (Å²) in [7, 11) is 0. The molecule has 1 fully saturated rings. The van der Waals surface area contributed by atoms with Crippen molar-refractivity contribution in [2.75, 3.05) is 6.54 Å². The van der Waals surface area contributed by atoms with E-state index < -0.39 is 18.1 Å². The average Bonchev–Trinajstić information content (AvgIpc) is 3.92. The van der Waals surface area contributed by atoms with E-state index in [1.165, 1.54) is 4.90 Å². The molecule has 0 spiro atoms. The first-order valence-electron chi connectivity index (χ1n) is 17.5. The highest BCUT2D eigenvalue weighted by Crippen LogP contribution is 2.35. The molecule has 0 radical (unpaired) electrons. The molecular weight excluding hydrogens is 689 g/mol. The van der Waals surface area contributed by atoms with Crippen molar-refractivity contribution < 1.29 is 24.3 Å². The van der Waals surface area contributed by atoms with E-state index in [0.29, 0.717) is 22.7 Å². The van der Waals surface area contributed by atoms with Crippen LogP contribution >= 0.6 is 11.3 Å². The normalized spacial score (nSPS) is 16.8. The first-order chi connectivity index (χ1) is 25.6. The lowest BCUT2D eigenvalue weighted by atomic mass is 9.91. The lowest BCUT2D eigenvalue weighted by Crippen LogP contribution is -2.48. The van der Waals surface area contributed by atoms with Gasteiger partial charge in [-0.3, -0.25) is 9.59 Å². The van der Waals surface area contributed by atoms with Crippen LogP contribution in [0.5, 0.6) is 5.75 Å². The Morgan fingerprint density at radius 2 is 1.64 bits per heavy atom. The molecule has 1 saturated heterocycles. The van der Waals surface area contributed by atoms with Crippen LogP contribution in [0.15, 0.2) is 101 Å². The molecule has 3 aromatic heterocycles. The lowest BCUT2D eigenvalue weighted by molar-refractivity contribution is -0.141. The van der Waals surface area contributed by atoms with Gasteiger partial charge in [0.25, 0.3) is 0 Å². The SMILES string of the molecule is Cc1ncsc1-c1ccc(C(C)NC(=O)[C@@H]2C[C@@H](O)CN2C(=O)C(c2cc(-c3ccc(-c4cnnc(-c5ccccc5O)c4)cc3)no2)C(C)C)cc1. The molecule has 4 atom stereocenters. The lowest BCUT2D eigenvalue weighted by Gasteiger charge is -2.29. The number of amides is 2. The van der Waals surface area contributed by atoms with Gasteiger partial charge in [-0.2, -0.15) is 10.2 Å². The fraction of sp³-hybridized carbons (Fsp3) is 0.268. The van der Waals surface area contributed by atoms with Gasteiger partial charge in [0, 0.05) is 35.7 Å². The summed E-state index contributed by atoms with van der Waals surface area (Å²) in [5, 5.41) is 36.6. The summed E-state index contributed by atoms with van der Waals surface area (Å²) in [6.45, 7) is 7.78. The van der Waals surface area contributed by atoms with Crippen LogP contribution in [0.4, 0.5) is 0 Å². The maximum Gasteiger partial charge on any atom is 0.243 e. The highest BCUT2D eigenvalue weighted by molar-refractivity contribution is 7.13. The van der Waals surface area contributed by atoms with E-state index in [-0.39, 0.29) is 42.5 Å². The number of aryl methyl sites for hydroxylation is 1. The van der Waals surface area contributed by atoms with E-state index in [1.54, 1.807) is 41.8 Å². The molecule has 2 unspecified atom stereocenters. The number of aromatic nitrogens is 4. The summed E-state index contributed by atoms with van der Waals surface area (Å²) in [6, 6.07) is 25.2. The van der Waals surface area contributed by atoms with Gasteiger partial charge in [0.1, 0.15) is 29.2 Å². The van der Waals surface area contributed by atoms with E-state index in [2.05, 4.69) is 25.7 Å². The number of benzene rings is 3. The predicted molar refractivity (Wildman–Crippen MR) is 203 cm³/mol. The van der Waals surface area contributed by atoms with Crippen LogP contribution in [-0.2, 0) is 9.59 Å². The molecule has 0 saturated carbocycles. The number of hydrogen-bond donors (Lipinski definition) is 3. The number of nitrogens with zero attached hydrogens (tertiary/aromatic N) is 5. The number of para-hydroxylation sites is 1. The number of likely N-dealkylation sites (tertiary alicyclic amines) is 1. The van der Waals surface area contributed by atoms with E-state index in [1.807, 2.05) is 93.9 Å². The third-order valence-electron chi connectivity index (χ3n) is 9.76. The third kappa shape index (κ3) is 7.46. The van der Waals surface area contributed by atoms with Gasteiger partial charge in [-0.15, -0.1) is 11.3 Å². The monoisotopic (exact) mass is 728 g/mol. The minimum absolute atomic E-state index is 0.0509. The Morgan fingerprint density at radius 3 is 2.34 bits per heavy atom. The highest BCUT2D eigenvalue weighted by atomic mass is 32.1. The fourth-order valence-electron chi connectivity index (χ4n) is 6.87. The Labute approximate surface area is 311 Å². The molecule has 0 bridgehead atoms. The van der Waals surface area contributed by atoms with Crippen LogP contribution < -0.4 is 5.32 Å². The molecule has 0 aliphatic carbocycles. The number of aliphatic hydroxyl groups excluding tert-OH is 1. The minimum Gasteiger partial charge on any atom is -0.507 e. The van der Waals surface area contributed by atoms with Crippen molar-refractivity contribution in [3.8, 4) is 49.8 Å². The second-order valence-corrected chi connectivity index (χ2v) is 14.6. The summed E-state index contributed by atoms with van der Waals surface area (Å²) < 4.78 is 5.80. The Kier molecular flexibility index (Phi) is 10.2. The number of nitrogens with one attached hydrogen (secondary N) is 1. The number of β-amino-alcohol motifs (C(OH)–C–C–N with tert-alkyl or cyclic N) is 1. The number of rotatable bonds is 10. The molecule has 2 amide bonds. The number of thiazole rings is 1. The van der Waals surface area contributed by atoms with Crippen LogP contribution in [0.2, 0.25) is 0 Å². The van der Waals surface area contributed by atoms with Crippen molar-refractivity contribution in [3.63, 3.8) is 0 Å². The molecule has 6 aromatic rings. The fourth-order valence-corrected chi connectivity index (χ4v) is 7.68. The van der Waals surface area contributed by atoms with E-state index in [4.69, 9.17) is 4.52 Å². The number of hydrogen-bond acceptors (Lipinski definition) is 10. The molecule has 1 aliphatic rings. The molecule has 3 aromatic carbocycles. The van der Waals surface area contributed by atoms with Crippen LogP contribution in [0.1, 0.15) is 56.2 Å². The maximum absolute atomic E-state index is 14.2. The second-order valence-electron chi connectivity index (χ2n) is 13.8. The summed E-state index contributed by atoms with van der Waals surface area (Å²) in [5.41, 5.74) is 9.03. The number of phenols is 1. The van der Waals surface area contributed by atoms with Gasteiger partial charge in [0.05, 0.1) is 40.1 Å². The number of aromatic hydroxyl groups is 1. The van der Waals surface area contributed by atoms with Crippen molar-refractivity contribution in [2.45, 2.75) is 58.2 Å². The highest BCUT2D eigenvalue weighted by Gasteiger charge is 2.43. The molecule has 270 valence electrons. The number of carbonyl (C=O) groups is 2. The standard InChI is InChI=1S/C41H40N6O5S/c1-23(2)38(37-19-33(46-52-37)28-13-11-27(12-14-28)30-17-34(45-43-20-30)32-7-5-6-8-36(32)49)41(51)47-21-31(48)18-35(47)40(50)44-24(3)26-9-15-29(16-10-26)39-25(4)42-22-53-39/h5-17,19-20,22-24,31,35,38,48-49H,18,21H2,1-4H3,(H,44,50)/t24?,31-,35+,38?/m1/s1. The number of phenolic OH excluding ortho intramolecular Hbond substituents is 1. The Morgan fingerprint density at radius 1 is 0.925 bits per heavy atom. The number of aliphatic hydroxyl groups is 1. The van der Waals surface area contributed by atoms with Crippen LogP contribution in [0, 0.1) is 12.8 Å². The predicted octanol–water partition coefficient (Wildman–Crippen LogP) is 7.18. The van der Waals surface area contributed by atoms with Gasteiger partial charge in [0.15, 0.2) is 0 Å². The largest absolute Gasteiger partial charge is 0.507 e. The molecular formula is C41H40N6O5S. The van der Waals surface area contributed by atoms with Crippen molar-refractivity contribution in [3.05, 3.63) is 114 Å². The Balaban J connectivity index is 1.05. The maximum atomic E-state index is 14.2. The average molecular weight is 729 g/mol. The zero-order chi connectivity index (χ0) is 37.2. The van der Waals surface area contributed by atoms with E-state index >= 15 is 0 Å². The Bertz CT molecular complexity index is 2230. The minimum atomic E-state index is -0.829.